The van der Waals surface area contributed by atoms with E-state index in [-0.39, 0.29) is 0 Å². The minimum Gasteiger partial charge on any atom is -0.454 e. The summed E-state index contributed by atoms with van der Waals surface area (Å²) in [4.78, 5) is 4.64. The maximum Gasteiger partial charge on any atom is 0.161 e. The Morgan fingerprint density at radius 3 is 1.70 bits per heavy atom. The predicted octanol–water partition coefficient (Wildman–Crippen LogP) is 11.1. The van der Waals surface area contributed by atoms with Crippen LogP contribution in [0.1, 0.15) is 0 Å². The summed E-state index contributed by atoms with van der Waals surface area (Å²) >= 11 is 0. The number of rotatable bonds is 4. The lowest BCUT2D eigenvalue weighted by Crippen LogP contribution is -1.94. The quantitative estimate of drug-likeness (QED) is 0.214. The van der Waals surface area contributed by atoms with Gasteiger partial charge < -0.3 is 8.98 Å². The molecule has 0 saturated carbocycles. The van der Waals surface area contributed by atoms with Crippen molar-refractivity contribution in [2.24, 2.45) is 0 Å². The molecule has 3 nitrogen and oxygen atoms in total. The van der Waals surface area contributed by atoms with Crippen LogP contribution in [-0.2, 0) is 0 Å². The van der Waals surface area contributed by atoms with Gasteiger partial charge in [0, 0.05) is 33.6 Å². The van der Waals surface area contributed by atoms with Gasteiger partial charge in [-0.2, -0.15) is 0 Å². The lowest BCUT2D eigenvalue weighted by Gasteiger charge is -2.12. The van der Waals surface area contributed by atoms with E-state index in [1.54, 1.807) is 0 Å². The summed E-state index contributed by atoms with van der Waals surface area (Å²) in [5, 5.41) is 3.57. The van der Waals surface area contributed by atoms with Gasteiger partial charge in [-0.15, -0.1) is 0 Å². The highest BCUT2D eigenvalue weighted by Crippen LogP contribution is 2.37. The molecule has 44 heavy (non-hydrogen) atoms. The number of hydrogen-bond acceptors (Lipinski definition) is 2. The van der Waals surface area contributed by atoms with Crippen LogP contribution >= 0.6 is 0 Å². The first-order valence-corrected chi connectivity index (χ1v) is 14.9. The molecule has 206 valence electrons. The van der Waals surface area contributed by atoms with Crippen molar-refractivity contribution in [3.8, 4) is 39.1 Å². The third-order valence-electron chi connectivity index (χ3n) is 8.65. The molecule has 0 spiro atoms. The standard InChI is InChI=1S/C41H26N2O/c1-4-19-37-34(16-1)35-17-2-5-20-38(35)43(37)32-15-9-13-30(26-32)28-11-7-10-27(24-28)29-12-8-14-31(25-29)33-22-23-42-40-36-18-3-6-21-39(36)44-41(33)40/h1-26H. The average molecular weight is 563 g/mol. The zero-order valence-electron chi connectivity index (χ0n) is 23.8. The van der Waals surface area contributed by atoms with Crippen LogP contribution in [0.2, 0.25) is 0 Å². The van der Waals surface area contributed by atoms with Crippen LogP contribution in [0.15, 0.2) is 162 Å². The predicted molar refractivity (Wildman–Crippen MR) is 182 cm³/mol. The van der Waals surface area contributed by atoms with Crippen LogP contribution in [0.25, 0.3) is 82.9 Å². The van der Waals surface area contributed by atoms with Crippen molar-refractivity contribution < 1.29 is 4.42 Å². The molecule has 3 aromatic heterocycles. The Balaban J connectivity index is 1.13. The normalized spacial score (nSPS) is 11.6. The van der Waals surface area contributed by atoms with Gasteiger partial charge in [-0.1, -0.05) is 97.1 Å². The summed E-state index contributed by atoms with van der Waals surface area (Å²) in [5.74, 6) is 0. The van der Waals surface area contributed by atoms with Gasteiger partial charge in [0.25, 0.3) is 0 Å². The number of aromatic nitrogens is 2. The van der Waals surface area contributed by atoms with Gasteiger partial charge in [-0.05, 0) is 82.4 Å². The van der Waals surface area contributed by atoms with Gasteiger partial charge in [0.2, 0.25) is 0 Å². The number of nitrogens with zero attached hydrogens (tertiary/aromatic N) is 2. The van der Waals surface area contributed by atoms with Crippen molar-refractivity contribution in [3.63, 3.8) is 0 Å². The summed E-state index contributed by atoms with van der Waals surface area (Å²) in [6.07, 6.45) is 1.87. The highest BCUT2D eigenvalue weighted by molar-refractivity contribution is 6.09. The first-order chi connectivity index (χ1) is 21.8. The van der Waals surface area contributed by atoms with E-state index in [2.05, 4.69) is 137 Å². The topological polar surface area (TPSA) is 31.0 Å². The molecule has 6 aromatic carbocycles. The van der Waals surface area contributed by atoms with Crippen LogP contribution in [0.4, 0.5) is 0 Å². The Morgan fingerprint density at radius 2 is 1.00 bits per heavy atom. The summed E-state index contributed by atoms with van der Waals surface area (Å²) in [7, 11) is 0. The smallest absolute Gasteiger partial charge is 0.161 e. The number of para-hydroxylation sites is 3. The van der Waals surface area contributed by atoms with Crippen molar-refractivity contribution in [2.75, 3.05) is 0 Å². The maximum atomic E-state index is 6.29. The van der Waals surface area contributed by atoms with Crippen LogP contribution < -0.4 is 0 Å². The molecule has 3 heterocycles. The highest BCUT2D eigenvalue weighted by Gasteiger charge is 2.15. The fourth-order valence-electron chi connectivity index (χ4n) is 6.60. The molecule has 0 atom stereocenters. The molecule has 9 aromatic rings. The van der Waals surface area contributed by atoms with Crippen molar-refractivity contribution in [3.05, 3.63) is 158 Å². The average Bonchev–Trinajstić information content (AvgIpc) is 3.65. The minimum absolute atomic E-state index is 0.821. The monoisotopic (exact) mass is 562 g/mol. The minimum atomic E-state index is 0.821. The van der Waals surface area contributed by atoms with Gasteiger partial charge in [0.15, 0.2) is 5.58 Å². The molecule has 0 fully saturated rings. The second kappa shape index (κ2) is 9.82. The molecular formula is C41H26N2O. The van der Waals surface area contributed by atoms with E-state index in [0.29, 0.717) is 0 Å². The molecular weight excluding hydrogens is 536 g/mol. The molecule has 0 aliphatic heterocycles. The van der Waals surface area contributed by atoms with Crippen molar-refractivity contribution in [1.82, 2.24) is 9.55 Å². The van der Waals surface area contributed by atoms with Gasteiger partial charge in [0.1, 0.15) is 11.1 Å². The van der Waals surface area contributed by atoms with E-state index in [1.807, 2.05) is 30.5 Å². The number of furan rings is 1. The van der Waals surface area contributed by atoms with E-state index < -0.39 is 0 Å². The molecule has 3 heteroatoms. The van der Waals surface area contributed by atoms with E-state index >= 15 is 0 Å². The van der Waals surface area contributed by atoms with Crippen LogP contribution in [-0.4, -0.2) is 9.55 Å². The first-order valence-electron chi connectivity index (χ1n) is 14.9. The number of pyridine rings is 1. The maximum absolute atomic E-state index is 6.29. The molecule has 0 bridgehead atoms. The van der Waals surface area contributed by atoms with E-state index in [0.717, 1.165) is 44.4 Å². The third-order valence-corrected chi connectivity index (χ3v) is 8.65. The van der Waals surface area contributed by atoms with Crippen LogP contribution in [0, 0.1) is 0 Å². The summed E-state index contributed by atoms with van der Waals surface area (Å²) < 4.78 is 8.66. The fraction of sp³-hybridized carbons (Fsp3) is 0. The summed E-state index contributed by atoms with van der Waals surface area (Å²) in [5.41, 5.74) is 13.0. The zero-order valence-corrected chi connectivity index (χ0v) is 23.8. The largest absolute Gasteiger partial charge is 0.454 e. The van der Waals surface area contributed by atoms with Crippen molar-refractivity contribution in [2.45, 2.75) is 0 Å². The van der Waals surface area contributed by atoms with E-state index in [9.17, 15) is 0 Å². The number of benzene rings is 6. The Hall–Kier alpha value is -5.93. The Kier molecular flexibility index (Phi) is 5.50. The highest BCUT2D eigenvalue weighted by atomic mass is 16.3. The first kappa shape index (κ1) is 24.6. The molecule has 0 saturated heterocycles. The Morgan fingerprint density at radius 1 is 0.455 bits per heavy atom. The SMILES string of the molecule is c1cc(-c2cccc(-c3ccnc4c3oc3ccccc34)c2)cc(-c2cccc(-n3c4ccccc4c4ccccc43)c2)c1. The van der Waals surface area contributed by atoms with E-state index in [4.69, 9.17) is 4.42 Å². The van der Waals surface area contributed by atoms with E-state index in [1.165, 1.54) is 38.5 Å². The van der Waals surface area contributed by atoms with Gasteiger partial charge in [0.05, 0.1) is 11.0 Å². The Bertz CT molecular complexity index is 2460. The van der Waals surface area contributed by atoms with Crippen LogP contribution in [0.5, 0.6) is 0 Å². The molecule has 0 radical (unpaired) electrons. The second-order valence-corrected chi connectivity index (χ2v) is 11.2. The fourth-order valence-corrected chi connectivity index (χ4v) is 6.60. The molecule has 0 aliphatic carbocycles. The van der Waals surface area contributed by atoms with Gasteiger partial charge >= 0.3 is 0 Å². The van der Waals surface area contributed by atoms with Crippen molar-refractivity contribution in [1.29, 1.82) is 0 Å². The summed E-state index contributed by atoms with van der Waals surface area (Å²) in [6, 6.07) is 53.8. The Labute approximate surface area is 254 Å². The second-order valence-electron chi connectivity index (χ2n) is 11.2. The molecule has 0 aliphatic rings. The van der Waals surface area contributed by atoms with Crippen LogP contribution in [0.3, 0.4) is 0 Å². The lowest BCUT2D eigenvalue weighted by molar-refractivity contribution is 0.669. The molecule has 0 unspecified atom stereocenters. The summed E-state index contributed by atoms with van der Waals surface area (Å²) in [6.45, 7) is 0. The molecule has 0 N–H and O–H groups in total. The molecule has 0 amide bonds. The third kappa shape index (κ3) is 3.87. The molecule has 9 rings (SSSR count). The van der Waals surface area contributed by atoms with Gasteiger partial charge in [-0.3, -0.25) is 4.98 Å². The zero-order chi connectivity index (χ0) is 29.0. The number of fused-ring (bicyclic) bond motifs is 6. The van der Waals surface area contributed by atoms with Gasteiger partial charge in [-0.25, -0.2) is 0 Å². The number of hydrogen-bond donors (Lipinski definition) is 0. The van der Waals surface area contributed by atoms with Crippen molar-refractivity contribution >= 4 is 43.9 Å². The lowest BCUT2D eigenvalue weighted by atomic mass is 9.96.